The highest BCUT2D eigenvalue weighted by Crippen LogP contribution is 2.44. The van der Waals surface area contributed by atoms with E-state index in [2.05, 4.69) is 37.5 Å². The quantitative estimate of drug-likeness (QED) is 0.335. The number of amides is 1. The molecule has 1 aliphatic carbocycles. The van der Waals surface area contributed by atoms with Gasteiger partial charge < -0.3 is 15.0 Å². The van der Waals surface area contributed by atoms with Crippen LogP contribution in [0.2, 0.25) is 0 Å². The van der Waals surface area contributed by atoms with Crippen molar-refractivity contribution in [1.29, 1.82) is 5.26 Å². The standard InChI is InChI=1S/C25H29N5O4S2/c1-25(2,3)16-5-6-17-18(14-26)23(36-21(17)13-16)28-24(35)27-22(31)15-4-7-19(20(12-15)30(32)33)29-8-10-34-11-9-29/h4,7,12,16H,5-6,8-11,13H2,1-3H3,(H2,27,28,31,35)/t16-/m0/s1. The number of nitro groups is 1. The summed E-state index contributed by atoms with van der Waals surface area (Å²) in [7, 11) is 0. The molecule has 1 amide bonds. The number of hydrogen-bond acceptors (Lipinski definition) is 8. The topological polar surface area (TPSA) is 121 Å². The normalized spacial score (nSPS) is 17.6. The molecule has 190 valence electrons. The molecule has 1 aromatic carbocycles. The molecule has 9 nitrogen and oxygen atoms in total. The minimum absolute atomic E-state index is 0.0439. The number of anilines is 2. The van der Waals surface area contributed by atoms with Gasteiger partial charge in [0.15, 0.2) is 5.11 Å². The number of carbonyl (C=O) groups is 1. The van der Waals surface area contributed by atoms with Crippen LogP contribution in [0.4, 0.5) is 16.4 Å². The summed E-state index contributed by atoms with van der Waals surface area (Å²) in [4.78, 5) is 27.1. The third-order valence-corrected chi connectivity index (χ3v) is 8.22. The number of hydrogen-bond donors (Lipinski definition) is 2. The fourth-order valence-corrected chi connectivity index (χ4v) is 6.27. The summed E-state index contributed by atoms with van der Waals surface area (Å²) in [6.45, 7) is 8.79. The Hall–Kier alpha value is -3.07. The Morgan fingerprint density at radius 3 is 2.69 bits per heavy atom. The molecule has 2 aliphatic rings. The van der Waals surface area contributed by atoms with Crippen molar-refractivity contribution >= 4 is 51.0 Å². The van der Waals surface area contributed by atoms with E-state index >= 15 is 0 Å². The van der Waals surface area contributed by atoms with E-state index in [1.807, 2.05) is 4.90 Å². The molecule has 36 heavy (non-hydrogen) atoms. The summed E-state index contributed by atoms with van der Waals surface area (Å²) in [6, 6.07) is 6.69. The maximum Gasteiger partial charge on any atom is 0.293 e. The highest BCUT2D eigenvalue weighted by molar-refractivity contribution is 7.80. The second kappa shape index (κ2) is 10.5. The van der Waals surface area contributed by atoms with E-state index in [0.29, 0.717) is 48.5 Å². The average Bonchev–Trinajstić information content (AvgIpc) is 3.19. The second-order valence-corrected chi connectivity index (χ2v) is 11.6. The predicted molar refractivity (Wildman–Crippen MR) is 144 cm³/mol. The van der Waals surface area contributed by atoms with Gasteiger partial charge in [-0.3, -0.25) is 20.2 Å². The summed E-state index contributed by atoms with van der Waals surface area (Å²) in [5.41, 5.74) is 2.26. The number of nitrogens with zero attached hydrogens (tertiary/aromatic N) is 3. The number of thiocarbonyl (C=S) groups is 1. The van der Waals surface area contributed by atoms with Crippen LogP contribution in [0, 0.1) is 32.8 Å². The summed E-state index contributed by atoms with van der Waals surface area (Å²) in [6.07, 6.45) is 2.79. The van der Waals surface area contributed by atoms with E-state index in [1.165, 1.54) is 22.3 Å². The van der Waals surface area contributed by atoms with Crippen molar-refractivity contribution in [2.75, 3.05) is 36.5 Å². The third kappa shape index (κ3) is 5.51. The second-order valence-electron chi connectivity index (χ2n) is 10.1. The number of thiophene rings is 1. The number of nitrogens with one attached hydrogen (secondary N) is 2. The molecule has 1 aromatic heterocycles. The predicted octanol–water partition coefficient (Wildman–Crippen LogP) is 4.64. The van der Waals surface area contributed by atoms with Gasteiger partial charge in [-0.2, -0.15) is 5.26 Å². The molecule has 2 heterocycles. The number of benzene rings is 1. The van der Waals surface area contributed by atoms with Gasteiger partial charge >= 0.3 is 0 Å². The summed E-state index contributed by atoms with van der Waals surface area (Å²) in [5, 5.41) is 27.8. The molecule has 0 bridgehead atoms. The minimum atomic E-state index is -0.559. The van der Waals surface area contributed by atoms with E-state index in [9.17, 15) is 20.2 Å². The fourth-order valence-electron chi connectivity index (χ4n) is 4.72. The lowest BCUT2D eigenvalue weighted by Gasteiger charge is -2.33. The first-order chi connectivity index (χ1) is 17.1. The SMILES string of the molecule is CC(C)(C)[C@H]1CCc2c(sc(NC(=S)NC(=O)c3ccc(N4CCOCC4)c([N+](=O)[O-])c3)c2C#N)C1. The molecule has 0 spiro atoms. The van der Waals surface area contributed by atoms with Crippen LogP contribution in [0.3, 0.4) is 0 Å². The maximum absolute atomic E-state index is 12.9. The molecular weight excluding hydrogens is 498 g/mol. The highest BCUT2D eigenvalue weighted by Gasteiger charge is 2.32. The molecule has 4 rings (SSSR count). The van der Waals surface area contributed by atoms with E-state index < -0.39 is 10.8 Å². The van der Waals surface area contributed by atoms with Gasteiger partial charge in [-0.15, -0.1) is 11.3 Å². The molecule has 2 aromatic rings. The van der Waals surface area contributed by atoms with Crippen LogP contribution in [0.15, 0.2) is 18.2 Å². The molecular formula is C25H29N5O4S2. The lowest BCUT2D eigenvalue weighted by Crippen LogP contribution is -2.37. The Balaban J connectivity index is 1.48. The van der Waals surface area contributed by atoms with Gasteiger partial charge in [0.05, 0.1) is 23.7 Å². The van der Waals surface area contributed by atoms with Crippen molar-refractivity contribution < 1.29 is 14.5 Å². The average molecular weight is 528 g/mol. The highest BCUT2D eigenvalue weighted by atomic mass is 32.1. The van der Waals surface area contributed by atoms with Gasteiger partial charge in [0.25, 0.3) is 11.6 Å². The largest absolute Gasteiger partial charge is 0.378 e. The minimum Gasteiger partial charge on any atom is -0.378 e. The molecule has 0 unspecified atom stereocenters. The Morgan fingerprint density at radius 1 is 1.33 bits per heavy atom. The number of nitro benzene ring substituents is 1. The lowest BCUT2D eigenvalue weighted by atomic mass is 9.72. The monoisotopic (exact) mass is 527 g/mol. The molecule has 1 saturated heterocycles. The van der Waals surface area contributed by atoms with Crippen molar-refractivity contribution in [3.05, 3.63) is 49.9 Å². The summed E-state index contributed by atoms with van der Waals surface area (Å²) in [5.74, 6) is -0.0253. The van der Waals surface area contributed by atoms with Crippen molar-refractivity contribution in [1.82, 2.24) is 5.32 Å². The number of carbonyl (C=O) groups excluding carboxylic acids is 1. The summed E-state index contributed by atoms with van der Waals surface area (Å²) < 4.78 is 5.32. The molecule has 1 atom stereocenters. The van der Waals surface area contributed by atoms with Gasteiger partial charge in [-0.25, -0.2) is 0 Å². The van der Waals surface area contributed by atoms with Crippen LogP contribution in [0.5, 0.6) is 0 Å². The molecule has 1 fully saturated rings. The van der Waals surface area contributed by atoms with E-state index in [0.717, 1.165) is 24.8 Å². The van der Waals surface area contributed by atoms with E-state index in [4.69, 9.17) is 17.0 Å². The molecule has 1 aliphatic heterocycles. The summed E-state index contributed by atoms with van der Waals surface area (Å²) >= 11 is 6.86. The third-order valence-electron chi connectivity index (χ3n) is 6.84. The zero-order chi connectivity index (χ0) is 26.0. The van der Waals surface area contributed by atoms with E-state index in [-0.39, 0.29) is 21.8 Å². The molecule has 0 saturated carbocycles. The van der Waals surface area contributed by atoms with Crippen molar-refractivity contribution in [2.45, 2.75) is 40.0 Å². The van der Waals surface area contributed by atoms with Crippen molar-refractivity contribution in [2.24, 2.45) is 11.3 Å². The first-order valence-electron chi connectivity index (χ1n) is 11.9. The van der Waals surface area contributed by atoms with Crippen LogP contribution < -0.4 is 15.5 Å². The lowest BCUT2D eigenvalue weighted by molar-refractivity contribution is -0.384. The first-order valence-corrected chi connectivity index (χ1v) is 13.1. The number of nitriles is 1. The van der Waals surface area contributed by atoms with Gasteiger partial charge in [-0.05, 0) is 60.5 Å². The smallest absolute Gasteiger partial charge is 0.293 e. The van der Waals surface area contributed by atoms with Gasteiger partial charge in [0.2, 0.25) is 0 Å². The Labute approximate surface area is 219 Å². The van der Waals surface area contributed by atoms with Crippen LogP contribution in [0.25, 0.3) is 0 Å². The Kier molecular flexibility index (Phi) is 7.59. The number of morpholine rings is 1. The van der Waals surface area contributed by atoms with Crippen LogP contribution >= 0.6 is 23.6 Å². The number of fused-ring (bicyclic) bond motifs is 1. The zero-order valence-electron chi connectivity index (χ0n) is 20.6. The Bertz CT molecular complexity index is 1240. The van der Waals surface area contributed by atoms with Gasteiger partial charge in [0, 0.05) is 29.6 Å². The van der Waals surface area contributed by atoms with Crippen molar-refractivity contribution in [3.8, 4) is 6.07 Å². The van der Waals surface area contributed by atoms with Crippen molar-refractivity contribution in [3.63, 3.8) is 0 Å². The van der Waals surface area contributed by atoms with E-state index in [1.54, 1.807) is 12.1 Å². The molecule has 2 N–H and O–H groups in total. The zero-order valence-corrected chi connectivity index (χ0v) is 22.2. The van der Waals surface area contributed by atoms with Crippen LogP contribution in [0.1, 0.15) is 53.6 Å². The number of ether oxygens (including phenoxy) is 1. The number of rotatable bonds is 4. The van der Waals surface area contributed by atoms with Gasteiger partial charge in [-0.1, -0.05) is 20.8 Å². The maximum atomic E-state index is 12.9. The fraction of sp³-hybridized carbons (Fsp3) is 0.480. The molecule has 0 radical (unpaired) electrons. The van der Waals surface area contributed by atoms with Gasteiger partial charge in [0.1, 0.15) is 16.8 Å². The van der Waals surface area contributed by atoms with Crippen LogP contribution in [-0.4, -0.2) is 42.2 Å². The first kappa shape index (κ1) is 26.0. The molecule has 11 heteroatoms. The Morgan fingerprint density at radius 2 is 2.06 bits per heavy atom. The van der Waals surface area contributed by atoms with Crippen LogP contribution in [-0.2, 0) is 17.6 Å².